The molecule has 122 valence electrons. The number of halogens is 3. The molecule has 3 N–H and O–H groups in total. The lowest BCUT2D eigenvalue weighted by molar-refractivity contribution is 0.0955. The van der Waals surface area contributed by atoms with Gasteiger partial charge in [0.1, 0.15) is 0 Å². The fourth-order valence-electron chi connectivity index (χ4n) is 1.96. The summed E-state index contributed by atoms with van der Waals surface area (Å²) in [5.74, 6) is -0.380. The Morgan fingerprint density at radius 3 is 2.75 bits per heavy atom. The van der Waals surface area contributed by atoms with Crippen LogP contribution in [0.1, 0.15) is 15.9 Å². The van der Waals surface area contributed by atoms with Gasteiger partial charge in [-0.25, -0.2) is 10.4 Å². The number of thiazole rings is 1. The van der Waals surface area contributed by atoms with Crippen LogP contribution in [0.15, 0.2) is 35.4 Å². The highest BCUT2D eigenvalue weighted by Gasteiger charge is 2.10. The number of hydrogen-bond donors (Lipinski definition) is 2. The predicted octanol–water partition coefficient (Wildman–Crippen LogP) is 4.60. The summed E-state index contributed by atoms with van der Waals surface area (Å²) < 4.78 is 0.824. The first-order valence-electron chi connectivity index (χ1n) is 6.58. The van der Waals surface area contributed by atoms with Crippen LogP contribution in [0.4, 0.5) is 5.13 Å². The zero-order valence-electron chi connectivity index (χ0n) is 11.9. The van der Waals surface area contributed by atoms with Gasteiger partial charge in [-0.3, -0.25) is 4.79 Å². The van der Waals surface area contributed by atoms with Crippen molar-refractivity contribution in [1.29, 1.82) is 0 Å². The third-order valence-corrected chi connectivity index (χ3v) is 5.10. The van der Waals surface area contributed by atoms with E-state index >= 15 is 0 Å². The number of carbonyl (C=O) groups is 1. The number of fused-ring (bicyclic) bond motifs is 1. The van der Waals surface area contributed by atoms with Crippen LogP contribution in [-0.4, -0.2) is 17.1 Å². The summed E-state index contributed by atoms with van der Waals surface area (Å²) in [7, 11) is 0. The summed E-state index contributed by atoms with van der Waals surface area (Å²) in [4.78, 5) is 16.3. The summed E-state index contributed by atoms with van der Waals surface area (Å²) in [6, 6.07) is 8.25. The van der Waals surface area contributed by atoms with Gasteiger partial charge in [-0.2, -0.15) is 5.10 Å². The number of amides is 1. The Morgan fingerprint density at radius 1 is 1.21 bits per heavy atom. The molecule has 1 aromatic heterocycles. The average Bonchev–Trinajstić information content (AvgIpc) is 2.93. The van der Waals surface area contributed by atoms with E-state index in [0.29, 0.717) is 26.3 Å². The number of hydrogen-bond acceptors (Lipinski definition) is 5. The molecule has 0 spiro atoms. The first-order chi connectivity index (χ1) is 11.5. The molecule has 9 heteroatoms. The van der Waals surface area contributed by atoms with Gasteiger partial charge < -0.3 is 5.73 Å². The second-order valence-corrected chi connectivity index (χ2v) is 6.95. The number of nitrogens with one attached hydrogen (secondary N) is 1. The molecule has 1 amide bonds. The molecule has 3 aromatic rings. The average molecular weight is 400 g/mol. The van der Waals surface area contributed by atoms with E-state index in [1.165, 1.54) is 17.6 Å². The van der Waals surface area contributed by atoms with Gasteiger partial charge in [0.05, 0.1) is 31.5 Å². The second kappa shape index (κ2) is 6.94. The van der Waals surface area contributed by atoms with Crippen LogP contribution < -0.4 is 11.2 Å². The molecular formula is C15H9Cl3N4OS. The zero-order chi connectivity index (χ0) is 17.3. The molecule has 0 fully saturated rings. The van der Waals surface area contributed by atoms with Gasteiger partial charge in [-0.1, -0.05) is 46.1 Å². The van der Waals surface area contributed by atoms with Gasteiger partial charge in [-0.05, 0) is 30.3 Å². The molecule has 2 aromatic carbocycles. The molecule has 0 saturated carbocycles. The molecule has 24 heavy (non-hydrogen) atoms. The van der Waals surface area contributed by atoms with Crippen molar-refractivity contribution in [1.82, 2.24) is 10.4 Å². The van der Waals surface area contributed by atoms with E-state index in [1.54, 1.807) is 30.3 Å². The first-order valence-corrected chi connectivity index (χ1v) is 8.53. The van der Waals surface area contributed by atoms with E-state index in [2.05, 4.69) is 15.5 Å². The van der Waals surface area contributed by atoms with Crippen LogP contribution in [0.5, 0.6) is 0 Å². The third-order valence-electron chi connectivity index (χ3n) is 3.11. The number of nitrogens with two attached hydrogens (primary N) is 1. The summed E-state index contributed by atoms with van der Waals surface area (Å²) in [6.07, 6.45) is 1.34. The van der Waals surface area contributed by atoms with Crippen molar-refractivity contribution < 1.29 is 4.79 Å². The highest BCUT2D eigenvalue weighted by atomic mass is 35.5. The largest absolute Gasteiger partial charge is 0.375 e. The summed E-state index contributed by atoms with van der Waals surface area (Å²) in [5.41, 5.74) is 9.68. The van der Waals surface area contributed by atoms with Crippen molar-refractivity contribution in [2.45, 2.75) is 0 Å². The first kappa shape index (κ1) is 17.0. The van der Waals surface area contributed by atoms with Gasteiger partial charge in [0, 0.05) is 11.1 Å². The van der Waals surface area contributed by atoms with Crippen molar-refractivity contribution in [2.75, 3.05) is 5.73 Å². The topological polar surface area (TPSA) is 80.4 Å². The monoisotopic (exact) mass is 398 g/mol. The molecule has 0 atom stereocenters. The molecular weight excluding hydrogens is 391 g/mol. The number of anilines is 1. The molecule has 0 radical (unpaired) electrons. The lowest BCUT2D eigenvalue weighted by atomic mass is 10.2. The van der Waals surface area contributed by atoms with Crippen molar-refractivity contribution >= 4 is 73.6 Å². The van der Waals surface area contributed by atoms with E-state index < -0.39 is 0 Å². The summed E-state index contributed by atoms with van der Waals surface area (Å²) >= 11 is 19.3. The van der Waals surface area contributed by atoms with Gasteiger partial charge >= 0.3 is 0 Å². The zero-order valence-corrected chi connectivity index (χ0v) is 15.0. The Bertz CT molecular complexity index is 971. The fraction of sp³-hybridized carbons (Fsp3) is 0. The Labute approximate surface area is 156 Å². The summed E-state index contributed by atoms with van der Waals surface area (Å²) in [6.45, 7) is 0. The Morgan fingerprint density at radius 2 is 1.96 bits per heavy atom. The molecule has 0 aliphatic rings. The van der Waals surface area contributed by atoms with E-state index in [1.807, 2.05) is 0 Å². The standard InChI is InChI=1S/C15H9Cl3N4OS/c16-9-2-3-10(17)13(18)8(9)6-20-22-14(23)7-1-4-11-12(5-7)24-15(19)21-11/h1-6H,(H2,19,21)(H,22,23)/b20-6-. The number of carbonyl (C=O) groups excluding carboxylic acids is 1. The highest BCUT2D eigenvalue weighted by Crippen LogP contribution is 2.30. The molecule has 0 aliphatic heterocycles. The Balaban J connectivity index is 1.78. The lowest BCUT2D eigenvalue weighted by Gasteiger charge is -2.03. The molecule has 3 rings (SSSR count). The second-order valence-electron chi connectivity index (χ2n) is 4.69. The van der Waals surface area contributed by atoms with E-state index in [-0.39, 0.29) is 10.9 Å². The Hall–Kier alpha value is -1.86. The molecule has 0 unspecified atom stereocenters. The van der Waals surface area contributed by atoms with Crippen molar-refractivity contribution in [3.05, 3.63) is 56.5 Å². The number of aromatic nitrogens is 1. The third kappa shape index (κ3) is 3.47. The van der Waals surface area contributed by atoms with E-state index in [9.17, 15) is 4.79 Å². The number of benzene rings is 2. The lowest BCUT2D eigenvalue weighted by Crippen LogP contribution is -2.17. The van der Waals surface area contributed by atoms with Crippen molar-refractivity contribution in [3.8, 4) is 0 Å². The summed E-state index contributed by atoms with van der Waals surface area (Å²) in [5, 5.41) is 5.32. The number of nitrogen functional groups attached to an aromatic ring is 1. The molecule has 0 bridgehead atoms. The van der Waals surface area contributed by atoms with Crippen LogP contribution in [0.3, 0.4) is 0 Å². The van der Waals surface area contributed by atoms with Crippen LogP contribution in [0.2, 0.25) is 15.1 Å². The van der Waals surface area contributed by atoms with E-state index in [4.69, 9.17) is 40.5 Å². The quantitative estimate of drug-likeness (QED) is 0.383. The minimum Gasteiger partial charge on any atom is -0.375 e. The molecule has 5 nitrogen and oxygen atoms in total. The van der Waals surface area contributed by atoms with Gasteiger partial charge in [0.15, 0.2) is 5.13 Å². The van der Waals surface area contributed by atoms with Crippen molar-refractivity contribution in [3.63, 3.8) is 0 Å². The highest BCUT2D eigenvalue weighted by molar-refractivity contribution is 7.22. The minimum atomic E-state index is -0.380. The number of nitrogens with zero attached hydrogens (tertiary/aromatic N) is 2. The predicted molar refractivity (Wildman–Crippen MR) is 101 cm³/mol. The smallest absolute Gasteiger partial charge is 0.271 e. The molecule has 1 heterocycles. The maximum Gasteiger partial charge on any atom is 0.271 e. The van der Waals surface area contributed by atoms with Gasteiger partial charge in [0.25, 0.3) is 5.91 Å². The Kier molecular flexibility index (Phi) is 4.91. The van der Waals surface area contributed by atoms with Crippen molar-refractivity contribution in [2.24, 2.45) is 5.10 Å². The number of hydrazone groups is 1. The molecule has 0 saturated heterocycles. The van der Waals surface area contributed by atoms with Gasteiger partial charge in [0.2, 0.25) is 0 Å². The van der Waals surface area contributed by atoms with Crippen LogP contribution in [-0.2, 0) is 0 Å². The van der Waals surface area contributed by atoms with Crippen LogP contribution in [0.25, 0.3) is 10.2 Å². The van der Waals surface area contributed by atoms with E-state index in [0.717, 1.165) is 10.2 Å². The maximum atomic E-state index is 12.2. The van der Waals surface area contributed by atoms with Crippen LogP contribution >= 0.6 is 46.1 Å². The SMILES string of the molecule is Nc1nc2ccc(C(=O)N/N=C\c3c(Cl)ccc(Cl)c3Cl)cc2s1. The normalized spacial score (nSPS) is 11.3. The van der Waals surface area contributed by atoms with Crippen LogP contribution in [0, 0.1) is 0 Å². The fourth-order valence-corrected chi connectivity index (χ4v) is 3.37. The van der Waals surface area contributed by atoms with Gasteiger partial charge in [-0.15, -0.1) is 0 Å². The molecule has 0 aliphatic carbocycles. The minimum absolute atomic E-state index is 0.267. The maximum absolute atomic E-state index is 12.2. The number of rotatable bonds is 3.